The lowest BCUT2D eigenvalue weighted by molar-refractivity contribution is -0.135. The Kier molecular flexibility index (Phi) is 4.75. The Bertz CT molecular complexity index is 561. The van der Waals surface area contributed by atoms with Gasteiger partial charge in [-0.3, -0.25) is 14.5 Å². The van der Waals surface area contributed by atoms with Crippen LogP contribution >= 0.6 is 0 Å². The zero-order chi connectivity index (χ0) is 15.4. The lowest BCUT2D eigenvalue weighted by atomic mass is 10.1. The van der Waals surface area contributed by atoms with Gasteiger partial charge in [-0.05, 0) is 37.9 Å². The van der Waals surface area contributed by atoms with Gasteiger partial charge >= 0.3 is 0 Å². The average molecular weight is 288 g/mol. The van der Waals surface area contributed by atoms with Crippen LogP contribution in [-0.4, -0.2) is 55.9 Å². The average Bonchev–Trinajstić information content (AvgIpc) is 2.68. The number of carbonyl (C=O) groups excluding carboxylic acids is 2. The molecule has 0 unspecified atom stereocenters. The van der Waals surface area contributed by atoms with Crippen molar-refractivity contribution in [3.05, 3.63) is 35.4 Å². The van der Waals surface area contributed by atoms with Crippen LogP contribution in [0.3, 0.4) is 0 Å². The lowest BCUT2D eigenvalue weighted by Crippen LogP contribution is -2.23. The Morgan fingerprint density at radius 1 is 1.24 bits per heavy atom. The summed E-state index contributed by atoms with van der Waals surface area (Å²) in [7, 11) is 5.50. The van der Waals surface area contributed by atoms with Crippen molar-refractivity contribution >= 4 is 17.9 Å². The van der Waals surface area contributed by atoms with E-state index < -0.39 is 0 Å². The number of benzene rings is 1. The van der Waals surface area contributed by atoms with Gasteiger partial charge in [0, 0.05) is 19.2 Å². The van der Waals surface area contributed by atoms with Crippen molar-refractivity contribution in [1.82, 2.24) is 9.80 Å². The molecule has 1 aromatic carbocycles. The van der Waals surface area contributed by atoms with Gasteiger partial charge in [-0.2, -0.15) is 0 Å². The smallest absolute Gasteiger partial charge is 0.256 e. The van der Waals surface area contributed by atoms with E-state index in [1.54, 1.807) is 6.08 Å². The summed E-state index contributed by atoms with van der Waals surface area (Å²) in [6, 6.07) is 7.50. The standard InChI is InChI=1S/C16H20N2O3/c1-17(2)8-9-21-14-6-4-12(5-7-14)10-13-11-15(19)18(3)16(13)20/h4-7,10H,8-9,11H2,1-3H3/b13-10+. The number of carbonyl (C=O) groups is 2. The normalized spacial score (nSPS) is 17.1. The molecule has 1 heterocycles. The molecular weight excluding hydrogens is 268 g/mol. The maximum atomic E-state index is 11.8. The van der Waals surface area contributed by atoms with Crippen molar-refractivity contribution in [3.8, 4) is 5.75 Å². The van der Waals surface area contributed by atoms with Gasteiger partial charge in [0.15, 0.2) is 0 Å². The van der Waals surface area contributed by atoms with Crippen LogP contribution in [0, 0.1) is 0 Å². The summed E-state index contributed by atoms with van der Waals surface area (Å²) in [4.78, 5) is 26.5. The molecule has 0 bridgehead atoms. The van der Waals surface area contributed by atoms with E-state index in [0.29, 0.717) is 12.2 Å². The molecule has 0 N–H and O–H groups in total. The number of likely N-dealkylation sites (tertiary alicyclic amines) is 1. The highest BCUT2D eigenvalue weighted by Crippen LogP contribution is 2.21. The van der Waals surface area contributed by atoms with Gasteiger partial charge in [0.2, 0.25) is 5.91 Å². The Hall–Kier alpha value is -2.14. The fourth-order valence-electron chi connectivity index (χ4n) is 2.01. The molecule has 2 rings (SSSR count). The van der Waals surface area contributed by atoms with Crippen molar-refractivity contribution in [2.24, 2.45) is 0 Å². The van der Waals surface area contributed by atoms with Crippen molar-refractivity contribution in [1.29, 1.82) is 0 Å². The van der Waals surface area contributed by atoms with Crippen molar-refractivity contribution < 1.29 is 14.3 Å². The molecule has 1 saturated heterocycles. The first-order valence-corrected chi connectivity index (χ1v) is 6.86. The third-order valence-corrected chi connectivity index (χ3v) is 3.32. The van der Waals surface area contributed by atoms with Crippen LogP contribution in [0.2, 0.25) is 0 Å². The van der Waals surface area contributed by atoms with E-state index in [1.807, 2.05) is 38.4 Å². The third kappa shape index (κ3) is 3.92. The minimum Gasteiger partial charge on any atom is -0.492 e. The summed E-state index contributed by atoms with van der Waals surface area (Å²) in [6.45, 7) is 1.49. The molecule has 0 saturated carbocycles. The minimum absolute atomic E-state index is 0.158. The van der Waals surface area contributed by atoms with E-state index in [-0.39, 0.29) is 18.2 Å². The van der Waals surface area contributed by atoms with Gasteiger partial charge in [0.1, 0.15) is 12.4 Å². The van der Waals surface area contributed by atoms with Crippen LogP contribution in [0.5, 0.6) is 5.75 Å². The molecule has 5 nitrogen and oxygen atoms in total. The largest absolute Gasteiger partial charge is 0.492 e. The SMILES string of the molecule is CN(C)CCOc1ccc(/C=C2\CC(=O)N(C)C2=O)cc1. The molecule has 1 aliphatic rings. The molecule has 0 aliphatic carbocycles. The zero-order valence-corrected chi connectivity index (χ0v) is 12.6. The summed E-state index contributed by atoms with van der Waals surface area (Å²) >= 11 is 0. The van der Waals surface area contributed by atoms with Crippen LogP contribution < -0.4 is 4.74 Å². The van der Waals surface area contributed by atoms with Gasteiger partial charge < -0.3 is 9.64 Å². The van der Waals surface area contributed by atoms with E-state index in [0.717, 1.165) is 22.8 Å². The molecule has 112 valence electrons. The third-order valence-electron chi connectivity index (χ3n) is 3.32. The highest BCUT2D eigenvalue weighted by Gasteiger charge is 2.30. The molecule has 0 spiro atoms. The van der Waals surface area contributed by atoms with Gasteiger partial charge in [0.05, 0.1) is 6.42 Å². The van der Waals surface area contributed by atoms with Crippen LogP contribution in [0.1, 0.15) is 12.0 Å². The monoisotopic (exact) mass is 288 g/mol. The summed E-state index contributed by atoms with van der Waals surface area (Å²) in [5.74, 6) is 0.422. The maximum absolute atomic E-state index is 11.8. The molecule has 5 heteroatoms. The molecule has 0 atom stereocenters. The number of rotatable bonds is 5. The number of hydrogen-bond donors (Lipinski definition) is 0. The topological polar surface area (TPSA) is 49.9 Å². The molecule has 1 aromatic rings. The van der Waals surface area contributed by atoms with E-state index in [1.165, 1.54) is 7.05 Å². The Morgan fingerprint density at radius 2 is 1.90 bits per heavy atom. The van der Waals surface area contributed by atoms with Gasteiger partial charge in [-0.1, -0.05) is 12.1 Å². The second-order valence-corrected chi connectivity index (χ2v) is 5.33. The molecule has 21 heavy (non-hydrogen) atoms. The van der Waals surface area contributed by atoms with Gasteiger partial charge in [0.25, 0.3) is 5.91 Å². The van der Waals surface area contributed by atoms with Crippen LogP contribution in [0.15, 0.2) is 29.8 Å². The molecule has 0 radical (unpaired) electrons. The van der Waals surface area contributed by atoms with Gasteiger partial charge in [-0.25, -0.2) is 0 Å². The molecule has 1 fully saturated rings. The summed E-state index contributed by atoms with van der Waals surface area (Å²) in [6.07, 6.45) is 1.93. The number of imide groups is 1. The van der Waals surface area contributed by atoms with Crippen molar-refractivity contribution in [3.63, 3.8) is 0 Å². The minimum atomic E-state index is -0.216. The Labute approximate surface area is 124 Å². The predicted octanol–water partition coefficient (Wildman–Crippen LogP) is 1.40. The van der Waals surface area contributed by atoms with E-state index >= 15 is 0 Å². The first kappa shape index (κ1) is 15.3. The number of nitrogens with zero attached hydrogens (tertiary/aromatic N) is 2. The van der Waals surface area contributed by atoms with E-state index in [9.17, 15) is 9.59 Å². The summed E-state index contributed by atoms with van der Waals surface area (Å²) in [5, 5.41) is 0. The van der Waals surface area contributed by atoms with Crippen molar-refractivity contribution in [2.45, 2.75) is 6.42 Å². The van der Waals surface area contributed by atoms with Gasteiger partial charge in [-0.15, -0.1) is 0 Å². The molecular formula is C16H20N2O3. The quantitative estimate of drug-likeness (QED) is 0.607. The summed E-state index contributed by atoms with van der Waals surface area (Å²) < 4.78 is 5.61. The number of likely N-dealkylation sites (N-methyl/N-ethyl adjacent to an activating group) is 2. The molecule has 0 aromatic heterocycles. The zero-order valence-electron chi connectivity index (χ0n) is 12.6. The maximum Gasteiger partial charge on any atom is 0.256 e. The number of ether oxygens (including phenoxy) is 1. The number of hydrogen-bond acceptors (Lipinski definition) is 4. The van der Waals surface area contributed by atoms with Crippen LogP contribution in [0.4, 0.5) is 0 Å². The Balaban J connectivity index is 2.00. The van der Waals surface area contributed by atoms with Crippen LogP contribution in [0.25, 0.3) is 6.08 Å². The fourth-order valence-corrected chi connectivity index (χ4v) is 2.01. The second kappa shape index (κ2) is 6.54. The first-order chi connectivity index (χ1) is 9.97. The fraction of sp³-hybridized carbons (Fsp3) is 0.375. The highest BCUT2D eigenvalue weighted by molar-refractivity contribution is 6.15. The van der Waals surface area contributed by atoms with E-state index in [2.05, 4.69) is 4.90 Å². The first-order valence-electron chi connectivity index (χ1n) is 6.86. The van der Waals surface area contributed by atoms with E-state index in [4.69, 9.17) is 4.74 Å². The summed E-state index contributed by atoms with van der Waals surface area (Å²) in [5.41, 5.74) is 1.42. The van der Waals surface area contributed by atoms with Crippen LogP contribution in [-0.2, 0) is 9.59 Å². The second-order valence-electron chi connectivity index (χ2n) is 5.33. The molecule has 1 aliphatic heterocycles. The predicted molar refractivity (Wildman–Crippen MR) is 80.9 cm³/mol. The van der Waals surface area contributed by atoms with Crippen molar-refractivity contribution in [2.75, 3.05) is 34.3 Å². The lowest BCUT2D eigenvalue weighted by Gasteiger charge is -2.11. The number of amides is 2. The highest BCUT2D eigenvalue weighted by atomic mass is 16.5. The molecule has 2 amide bonds. The Morgan fingerprint density at radius 3 is 2.43 bits per heavy atom.